The van der Waals surface area contributed by atoms with E-state index in [0.717, 1.165) is 0 Å². The number of amides is 1. The van der Waals surface area contributed by atoms with E-state index in [2.05, 4.69) is 0 Å². The SMILES string of the molecule is O=C1COC(CO)CN1c1ccc(F)cc1. The lowest BCUT2D eigenvalue weighted by molar-refractivity contribution is -0.130. The summed E-state index contributed by atoms with van der Waals surface area (Å²) < 4.78 is 17.8. The van der Waals surface area contributed by atoms with Gasteiger partial charge in [-0.05, 0) is 24.3 Å². The van der Waals surface area contributed by atoms with Crippen molar-refractivity contribution in [1.29, 1.82) is 0 Å². The van der Waals surface area contributed by atoms with Gasteiger partial charge >= 0.3 is 0 Å². The van der Waals surface area contributed by atoms with Gasteiger partial charge in [0, 0.05) is 5.69 Å². The molecule has 1 saturated heterocycles. The van der Waals surface area contributed by atoms with E-state index in [4.69, 9.17) is 9.84 Å². The van der Waals surface area contributed by atoms with Gasteiger partial charge in [-0.15, -0.1) is 0 Å². The number of ether oxygens (including phenoxy) is 1. The van der Waals surface area contributed by atoms with Crippen LogP contribution in [-0.4, -0.2) is 36.9 Å². The van der Waals surface area contributed by atoms with E-state index < -0.39 is 0 Å². The van der Waals surface area contributed by atoms with Crippen LogP contribution in [0.4, 0.5) is 10.1 Å². The van der Waals surface area contributed by atoms with E-state index in [1.54, 1.807) is 0 Å². The molecular weight excluding hydrogens is 213 g/mol. The maximum absolute atomic E-state index is 12.7. The van der Waals surface area contributed by atoms with Crippen molar-refractivity contribution in [3.8, 4) is 0 Å². The maximum atomic E-state index is 12.7. The highest BCUT2D eigenvalue weighted by Crippen LogP contribution is 2.18. The standard InChI is InChI=1S/C11H12FNO3/c12-8-1-3-9(4-2-8)13-5-10(6-14)16-7-11(13)15/h1-4,10,14H,5-7H2. The van der Waals surface area contributed by atoms with Crippen molar-refractivity contribution in [3.63, 3.8) is 0 Å². The molecule has 1 aliphatic rings. The first-order chi connectivity index (χ1) is 7.70. The molecule has 1 N–H and O–H groups in total. The van der Waals surface area contributed by atoms with Gasteiger partial charge in [-0.2, -0.15) is 0 Å². The summed E-state index contributed by atoms with van der Waals surface area (Å²) in [5, 5.41) is 8.96. The number of rotatable bonds is 2. The Hall–Kier alpha value is -1.46. The second-order valence-electron chi connectivity index (χ2n) is 3.60. The normalized spacial score (nSPS) is 21.2. The molecule has 0 saturated carbocycles. The van der Waals surface area contributed by atoms with Crippen molar-refractivity contribution in [2.75, 3.05) is 24.7 Å². The highest BCUT2D eigenvalue weighted by atomic mass is 19.1. The third kappa shape index (κ3) is 2.20. The molecule has 1 aromatic rings. The zero-order valence-electron chi connectivity index (χ0n) is 8.60. The summed E-state index contributed by atoms with van der Waals surface area (Å²) in [5.74, 6) is -0.528. The van der Waals surface area contributed by atoms with Gasteiger partial charge in [-0.25, -0.2) is 4.39 Å². The number of aliphatic hydroxyl groups is 1. The second-order valence-corrected chi connectivity index (χ2v) is 3.60. The summed E-state index contributed by atoms with van der Waals surface area (Å²) in [7, 11) is 0. The van der Waals surface area contributed by atoms with Gasteiger partial charge in [0.2, 0.25) is 0 Å². The van der Waals surface area contributed by atoms with Gasteiger partial charge in [-0.3, -0.25) is 4.79 Å². The molecule has 86 valence electrons. The molecule has 5 heteroatoms. The highest BCUT2D eigenvalue weighted by molar-refractivity contribution is 5.94. The minimum atomic E-state index is -0.372. The van der Waals surface area contributed by atoms with Crippen LogP contribution in [0.5, 0.6) is 0 Å². The Bertz CT molecular complexity index is 379. The minimum Gasteiger partial charge on any atom is -0.394 e. The van der Waals surface area contributed by atoms with Crippen LogP contribution in [0.1, 0.15) is 0 Å². The number of morpholine rings is 1. The Morgan fingerprint density at radius 3 is 2.75 bits per heavy atom. The van der Waals surface area contributed by atoms with Crippen LogP contribution in [0.3, 0.4) is 0 Å². The van der Waals surface area contributed by atoms with Crippen LogP contribution in [-0.2, 0) is 9.53 Å². The van der Waals surface area contributed by atoms with Gasteiger partial charge < -0.3 is 14.7 Å². The number of aliphatic hydroxyl groups excluding tert-OH is 1. The lowest BCUT2D eigenvalue weighted by atomic mass is 10.2. The van der Waals surface area contributed by atoms with E-state index in [1.807, 2.05) is 0 Å². The zero-order valence-corrected chi connectivity index (χ0v) is 8.60. The number of anilines is 1. The van der Waals surface area contributed by atoms with Gasteiger partial charge in [0.1, 0.15) is 12.4 Å². The average molecular weight is 225 g/mol. The van der Waals surface area contributed by atoms with E-state index >= 15 is 0 Å². The molecule has 1 atom stereocenters. The molecule has 1 aliphatic heterocycles. The Labute approximate surface area is 92.2 Å². The van der Waals surface area contributed by atoms with Gasteiger partial charge in [0.05, 0.1) is 19.3 Å². The predicted molar refractivity (Wildman–Crippen MR) is 55.6 cm³/mol. The summed E-state index contributed by atoms with van der Waals surface area (Å²) in [5.41, 5.74) is 0.619. The average Bonchev–Trinajstić information content (AvgIpc) is 2.31. The molecule has 0 spiro atoms. The number of carbonyl (C=O) groups excluding carboxylic acids is 1. The van der Waals surface area contributed by atoms with Gasteiger partial charge in [0.25, 0.3) is 5.91 Å². The molecule has 0 bridgehead atoms. The first-order valence-electron chi connectivity index (χ1n) is 4.99. The number of benzene rings is 1. The van der Waals surface area contributed by atoms with Crippen LogP contribution in [0.15, 0.2) is 24.3 Å². The summed E-state index contributed by atoms with van der Waals surface area (Å²) in [4.78, 5) is 13.1. The highest BCUT2D eigenvalue weighted by Gasteiger charge is 2.26. The van der Waals surface area contributed by atoms with Crippen molar-refractivity contribution in [3.05, 3.63) is 30.1 Å². The van der Waals surface area contributed by atoms with E-state index in [-0.39, 0.29) is 31.0 Å². The lowest BCUT2D eigenvalue weighted by Gasteiger charge is -2.31. The Kier molecular flexibility index (Phi) is 3.17. The van der Waals surface area contributed by atoms with Crippen molar-refractivity contribution < 1.29 is 19.0 Å². The monoisotopic (exact) mass is 225 g/mol. The molecule has 1 heterocycles. The number of hydrogen-bond donors (Lipinski definition) is 1. The largest absolute Gasteiger partial charge is 0.394 e. The summed E-state index contributed by atoms with van der Waals surface area (Å²) >= 11 is 0. The first kappa shape index (κ1) is 11.0. The molecule has 1 unspecified atom stereocenters. The minimum absolute atomic E-state index is 0.0530. The molecule has 1 amide bonds. The van der Waals surface area contributed by atoms with E-state index in [9.17, 15) is 9.18 Å². The summed E-state index contributed by atoms with van der Waals surface area (Å²) in [6.07, 6.45) is -0.372. The number of nitrogens with zero attached hydrogens (tertiary/aromatic N) is 1. The van der Waals surface area contributed by atoms with Gasteiger partial charge in [0.15, 0.2) is 0 Å². The van der Waals surface area contributed by atoms with E-state index in [0.29, 0.717) is 12.2 Å². The molecule has 0 radical (unpaired) electrons. The Morgan fingerprint density at radius 2 is 2.12 bits per heavy atom. The van der Waals surface area contributed by atoms with Crippen LogP contribution >= 0.6 is 0 Å². The molecule has 2 rings (SSSR count). The van der Waals surface area contributed by atoms with Crippen LogP contribution in [0.2, 0.25) is 0 Å². The third-order valence-electron chi connectivity index (χ3n) is 2.47. The number of carbonyl (C=O) groups is 1. The fourth-order valence-corrected chi connectivity index (χ4v) is 1.61. The molecular formula is C11H12FNO3. The van der Waals surface area contributed by atoms with Crippen molar-refractivity contribution >= 4 is 11.6 Å². The van der Waals surface area contributed by atoms with Crippen LogP contribution < -0.4 is 4.90 Å². The van der Waals surface area contributed by atoms with E-state index in [1.165, 1.54) is 29.2 Å². The molecule has 4 nitrogen and oxygen atoms in total. The molecule has 0 aromatic heterocycles. The summed E-state index contributed by atoms with van der Waals surface area (Å²) in [6.45, 7) is 0.106. The van der Waals surface area contributed by atoms with Crippen molar-refractivity contribution in [1.82, 2.24) is 0 Å². The Morgan fingerprint density at radius 1 is 1.44 bits per heavy atom. The topological polar surface area (TPSA) is 49.8 Å². The molecule has 0 aliphatic carbocycles. The van der Waals surface area contributed by atoms with Crippen LogP contribution in [0.25, 0.3) is 0 Å². The molecule has 1 fully saturated rings. The summed E-state index contributed by atoms with van der Waals surface area (Å²) in [6, 6.07) is 5.66. The smallest absolute Gasteiger partial charge is 0.253 e. The fourth-order valence-electron chi connectivity index (χ4n) is 1.61. The second kappa shape index (κ2) is 4.59. The Balaban J connectivity index is 2.17. The van der Waals surface area contributed by atoms with Crippen molar-refractivity contribution in [2.24, 2.45) is 0 Å². The predicted octanol–water partition coefficient (Wildman–Crippen LogP) is 0.550. The molecule has 16 heavy (non-hydrogen) atoms. The fraction of sp³-hybridized carbons (Fsp3) is 0.364. The zero-order chi connectivity index (χ0) is 11.5. The maximum Gasteiger partial charge on any atom is 0.253 e. The quantitative estimate of drug-likeness (QED) is 0.799. The van der Waals surface area contributed by atoms with Gasteiger partial charge in [-0.1, -0.05) is 0 Å². The third-order valence-corrected chi connectivity index (χ3v) is 2.47. The first-order valence-corrected chi connectivity index (χ1v) is 4.99. The lowest BCUT2D eigenvalue weighted by Crippen LogP contribution is -2.48. The number of hydrogen-bond acceptors (Lipinski definition) is 3. The molecule has 1 aromatic carbocycles. The van der Waals surface area contributed by atoms with Crippen LogP contribution in [0, 0.1) is 5.82 Å². The number of halogens is 1. The van der Waals surface area contributed by atoms with Crippen molar-refractivity contribution in [2.45, 2.75) is 6.10 Å².